The molecule has 0 aromatic rings. The van der Waals surface area contributed by atoms with Crippen LogP contribution in [-0.2, 0) is 9.47 Å². The third-order valence-electron chi connectivity index (χ3n) is 4.10. The van der Waals surface area contributed by atoms with Crippen molar-refractivity contribution in [2.75, 3.05) is 0 Å². The van der Waals surface area contributed by atoms with E-state index in [-0.39, 0.29) is 39.4 Å². The Morgan fingerprint density at radius 2 is 1.82 bits per heavy atom. The fourth-order valence-electron chi connectivity index (χ4n) is 2.87. The molecule has 3 nitrogen and oxygen atoms in total. The van der Waals surface area contributed by atoms with Gasteiger partial charge in [-0.15, -0.1) is 17.3 Å². The molecule has 1 N–H and O–H groups in total. The smallest absolute Gasteiger partial charge is 0.0858 e. The summed E-state index contributed by atoms with van der Waals surface area (Å²) in [5.74, 6) is 0. The lowest BCUT2D eigenvalue weighted by Gasteiger charge is -2.27. The highest BCUT2D eigenvalue weighted by Gasteiger charge is 2.42. The van der Waals surface area contributed by atoms with Crippen LogP contribution in [0.4, 0.5) is 0 Å². The minimum Gasteiger partial charge on any atom is -0.392 e. The van der Waals surface area contributed by atoms with E-state index in [1.807, 2.05) is 13.0 Å². The summed E-state index contributed by atoms with van der Waals surface area (Å²) in [6, 6.07) is 0. The van der Waals surface area contributed by atoms with Gasteiger partial charge in [0, 0.05) is 21.1 Å². The summed E-state index contributed by atoms with van der Waals surface area (Å²) in [5.41, 5.74) is 2.96. The van der Waals surface area contributed by atoms with Crippen molar-refractivity contribution in [2.24, 2.45) is 0 Å². The number of fused-ring (bicyclic) bond motifs is 2. The molecular formula is C15H20Br3ClO3. The lowest BCUT2D eigenvalue weighted by Crippen LogP contribution is -2.36. The van der Waals surface area contributed by atoms with Crippen LogP contribution >= 0.6 is 59.4 Å². The van der Waals surface area contributed by atoms with Gasteiger partial charge in [0.15, 0.2) is 0 Å². The van der Waals surface area contributed by atoms with Crippen LogP contribution in [0, 0.1) is 0 Å². The summed E-state index contributed by atoms with van der Waals surface area (Å²) < 4.78 is 12.1. The maximum absolute atomic E-state index is 10.4. The summed E-state index contributed by atoms with van der Waals surface area (Å²) in [4.78, 5) is 1.85. The van der Waals surface area contributed by atoms with Gasteiger partial charge in [0.1, 0.15) is 0 Å². The number of aliphatic hydroxyl groups is 1. The molecule has 0 radical (unpaired) electrons. The fourth-order valence-corrected chi connectivity index (χ4v) is 4.54. The average molecular weight is 523 g/mol. The molecule has 22 heavy (non-hydrogen) atoms. The van der Waals surface area contributed by atoms with Crippen LogP contribution in [0.2, 0.25) is 0 Å². The third kappa shape index (κ3) is 5.06. The predicted molar refractivity (Wildman–Crippen MR) is 99.5 cm³/mol. The number of halogens is 4. The van der Waals surface area contributed by atoms with Crippen molar-refractivity contribution in [1.82, 2.24) is 0 Å². The van der Waals surface area contributed by atoms with Crippen LogP contribution in [0.5, 0.6) is 0 Å². The molecule has 0 aromatic heterocycles. The van der Waals surface area contributed by atoms with Crippen molar-refractivity contribution in [2.45, 2.75) is 71.7 Å². The highest BCUT2D eigenvalue weighted by molar-refractivity contribution is 9.11. The molecule has 8 atom stereocenters. The molecule has 2 saturated heterocycles. The Hall–Kier alpha value is 1.13. The minimum absolute atomic E-state index is 0.0441. The molecule has 0 aliphatic carbocycles. The standard InChI is InChI=1S/C15H20Br3ClO3/c1-8-15(19)14-7-11(18)13(22-14)6-10(17)12(20)5-9(21-8)3-2-4-16/h3-4,8-15,20H,5-7H2,1H3/t2?,8-,9+,10+,11-,12-,13?,14+,15-/m0/s1. The monoisotopic (exact) mass is 520 g/mol. The van der Waals surface area contributed by atoms with E-state index >= 15 is 0 Å². The van der Waals surface area contributed by atoms with E-state index in [0.717, 1.165) is 12.8 Å². The fraction of sp³-hybridized carbons (Fsp3) is 0.800. The van der Waals surface area contributed by atoms with Crippen molar-refractivity contribution >= 4 is 59.4 Å². The van der Waals surface area contributed by atoms with Gasteiger partial charge in [-0.1, -0.05) is 47.8 Å². The molecule has 0 saturated carbocycles. The van der Waals surface area contributed by atoms with E-state index in [0.29, 0.717) is 6.42 Å². The largest absolute Gasteiger partial charge is 0.392 e. The first-order valence-corrected chi connectivity index (χ1v) is 10.5. The number of ether oxygens (including phenoxy) is 2. The highest BCUT2D eigenvalue weighted by atomic mass is 79.9. The third-order valence-corrected chi connectivity index (χ3v) is 6.95. The predicted octanol–water partition coefficient (Wildman–Crippen LogP) is 4.27. The van der Waals surface area contributed by atoms with E-state index in [4.69, 9.17) is 21.1 Å². The van der Waals surface area contributed by atoms with Gasteiger partial charge in [-0.3, -0.25) is 0 Å². The summed E-state index contributed by atoms with van der Waals surface area (Å²) >= 11 is 17.0. The molecule has 2 rings (SSSR count). The number of aliphatic hydroxyl groups excluding tert-OH is 1. The van der Waals surface area contributed by atoms with E-state index in [2.05, 4.69) is 53.5 Å². The Kier molecular flexibility index (Phi) is 7.96. The van der Waals surface area contributed by atoms with Crippen molar-refractivity contribution < 1.29 is 14.6 Å². The van der Waals surface area contributed by atoms with Gasteiger partial charge in [-0.25, -0.2) is 0 Å². The van der Waals surface area contributed by atoms with Crippen molar-refractivity contribution in [1.29, 1.82) is 0 Å². The second-order valence-corrected chi connectivity index (χ2v) is 9.10. The molecule has 1 unspecified atom stereocenters. The van der Waals surface area contributed by atoms with Gasteiger partial charge >= 0.3 is 0 Å². The summed E-state index contributed by atoms with van der Waals surface area (Å²) in [5, 5.41) is 10.2. The van der Waals surface area contributed by atoms with Crippen molar-refractivity contribution in [3.63, 3.8) is 0 Å². The van der Waals surface area contributed by atoms with Gasteiger partial charge < -0.3 is 14.6 Å². The normalized spacial score (nSPS) is 46.5. The molecule has 2 bridgehead atoms. The van der Waals surface area contributed by atoms with E-state index in [9.17, 15) is 5.11 Å². The molecule has 2 fully saturated rings. The van der Waals surface area contributed by atoms with Gasteiger partial charge in [0.05, 0.1) is 35.9 Å². The number of hydrogen-bond donors (Lipinski definition) is 1. The van der Waals surface area contributed by atoms with Crippen LogP contribution in [0.25, 0.3) is 0 Å². The molecule has 0 aromatic carbocycles. The van der Waals surface area contributed by atoms with Crippen LogP contribution in [0.3, 0.4) is 0 Å². The van der Waals surface area contributed by atoms with Gasteiger partial charge in [0.2, 0.25) is 0 Å². The van der Waals surface area contributed by atoms with Crippen LogP contribution in [-0.4, -0.2) is 50.7 Å². The molecule has 2 aliphatic rings. The number of hydrogen-bond acceptors (Lipinski definition) is 3. The van der Waals surface area contributed by atoms with E-state index in [1.54, 1.807) is 4.99 Å². The van der Waals surface area contributed by atoms with Crippen molar-refractivity contribution in [3.8, 4) is 0 Å². The SMILES string of the molecule is C[C@@H]1O[C@H](C=C=CBr)C[C@H](O)[C@H](Br)CC2O[C@H](C[C@@H]2Br)[C@H]1Cl. The van der Waals surface area contributed by atoms with Crippen LogP contribution < -0.4 is 0 Å². The maximum atomic E-state index is 10.4. The van der Waals surface area contributed by atoms with E-state index in [1.165, 1.54) is 0 Å². The van der Waals surface area contributed by atoms with Gasteiger partial charge in [0.25, 0.3) is 0 Å². The zero-order valence-corrected chi connectivity index (χ0v) is 17.7. The first kappa shape index (κ1) is 19.5. The number of alkyl halides is 3. The zero-order valence-electron chi connectivity index (χ0n) is 12.2. The second-order valence-electron chi connectivity index (χ2n) is 5.79. The molecule has 7 heteroatoms. The molecule has 2 aliphatic heterocycles. The first-order valence-electron chi connectivity index (χ1n) is 7.34. The minimum atomic E-state index is -0.528. The zero-order chi connectivity index (χ0) is 16.3. The van der Waals surface area contributed by atoms with Gasteiger partial charge in [-0.2, -0.15) is 0 Å². The van der Waals surface area contributed by atoms with E-state index < -0.39 is 6.10 Å². The molecule has 0 spiro atoms. The van der Waals surface area contributed by atoms with Crippen LogP contribution in [0.15, 0.2) is 16.8 Å². The van der Waals surface area contributed by atoms with Gasteiger partial charge in [-0.05, 0) is 25.8 Å². The molecule has 126 valence electrons. The quantitative estimate of drug-likeness (QED) is 0.412. The first-order chi connectivity index (χ1) is 10.4. The Bertz CT molecular complexity index is 430. The maximum Gasteiger partial charge on any atom is 0.0858 e. The van der Waals surface area contributed by atoms with Crippen molar-refractivity contribution in [3.05, 3.63) is 16.8 Å². The average Bonchev–Trinajstić information content (AvgIpc) is 2.83. The summed E-state index contributed by atoms with van der Waals surface area (Å²) in [6.07, 6.45) is 2.94. The van der Waals surface area contributed by atoms with Crippen LogP contribution in [0.1, 0.15) is 26.2 Å². The molecule has 0 amide bonds. The Morgan fingerprint density at radius 3 is 2.50 bits per heavy atom. The molecule has 2 heterocycles. The lowest BCUT2D eigenvalue weighted by molar-refractivity contribution is -0.0269. The summed E-state index contributed by atoms with van der Waals surface area (Å²) in [7, 11) is 0. The lowest BCUT2D eigenvalue weighted by atomic mass is 10.0. The highest BCUT2D eigenvalue weighted by Crippen LogP contribution is 2.37. The Labute approximate surface area is 161 Å². The Balaban J connectivity index is 2.20. The second kappa shape index (κ2) is 9.00. The molecular weight excluding hydrogens is 503 g/mol. The summed E-state index contributed by atoms with van der Waals surface area (Å²) in [6.45, 7) is 1.95. The topological polar surface area (TPSA) is 38.7 Å². The Morgan fingerprint density at radius 1 is 1.14 bits per heavy atom. The number of rotatable bonds is 1.